The maximum absolute atomic E-state index is 12.5. The molecule has 0 aromatic carbocycles. The molecule has 0 amide bonds. The molecule has 8 atom stereocenters. The van der Waals surface area contributed by atoms with Crippen LogP contribution in [0, 0.1) is 0 Å². The Balaban J connectivity index is 2.72. The van der Waals surface area contributed by atoms with Crippen molar-refractivity contribution in [1.29, 1.82) is 0 Å². The lowest BCUT2D eigenvalue weighted by molar-refractivity contribution is -0.220. The largest absolute Gasteiger partial charge is 0.472 e. The average molecular weight is 559 g/mol. The highest BCUT2D eigenvalue weighted by Crippen LogP contribution is 2.47. The van der Waals surface area contributed by atoms with E-state index < -0.39 is 75.7 Å². The molecule has 1 aliphatic rings. The molecule has 0 heterocycles. The van der Waals surface area contributed by atoms with Gasteiger partial charge in [0.2, 0.25) is 0 Å². The zero-order chi connectivity index (χ0) is 28.0. The van der Waals surface area contributed by atoms with Gasteiger partial charge in [-0.3, -0.25) is 18.6 Å². The molecule has 0 aromatic heterocycles. The normalized spacial score (nSPS) is 28.3. The summed E-state index contributed by atoms with van der Waals surface area (Å²) in [6.07, 6.45) is -6.11. The molecule has 13 nitrogen and oxygen atoms in total. The van der Waals surface area contributed by atoms with Crippen molar-refractivity contribution in [2.75, 3.05) is 13.2 Å². The van der Waals surface area contributed by atoms with Crippen LogP contribution in [-0.2, 0) is 32.7 Å². The smallest absolute Gasteiger partial charge is 0.462 e. The van der Waals surface area contributed by atoms with Crippen molar-refractivity contribution >= 4 is 19.8 Å². The van der Waals surface area contributed by atoms with E-state index in [1.807, 2.05) is 13.8 Å². The standard InChI is InChI=1S/C23H43O13P/c1-3-5-7-9-11-16(24)33-13-15(35-17(25)12-10-8-6-4-2)14-34-37(31,32)36-23-21(29)19(27)18(26)20(28)22(23)30/h15,18-23,26-30H,3-14H2,1-2H3,(H,31,32)/t15-,18?,19-,20+,21+,22+,23?/m1/s1. The second-order valence-corrected chi connectivity index (χ2v) is 10.6. The molecular weight excluding hydrogens is 515 g/mol. The zero-order valence-corrected chi connectivity index (χ0v) is 22.4. The quantitative estimate of drug-likeness (QED) is 0.0778. The number of esters is 2. The number of carbonyl (C=O) groups is 2. The van der Waals surface area contributed by atoms with Crippen LogP contribution in [0.1, 0.15) is 78.1 Å². The number of phosphoric acid groups is 1. The zero-order valence-electron chi connectivity index (χ0n) is 21.5. The van der Waals surface area contributed by atoms with Crippen LogP contribution >= 0.6 is 7.82 Å². The molecule has 1 rings (SSSR count). The van der Waals surface area contributed by atoms with Crippen molar-refractivity contribution in [1.82, 2.24) is 0 Å². The highest BCUT2D eigenvalue weighted by atomic mass is 31.2. The molecule has 1 fully saturated rings. The topological polar surface area (TPSA) is 210 Å². The van der Waals surface area contributed by atoms with Gasteiger partial charge in [0.1, 0.15) is 43.2 Å². The number of aliphatic hydroxyl groups excluding tert-OH is 5. The molecule has 1 aliphatic carbocycles. The Labute approximate surface area is 217 Å². The predicted octanol–water partition coefficient (Wildman–Crippen LogP) is 0.702. The summed E-state index contributed by atoms with van der Waals surface area (Å²) < 4.78 is 32.5. The maximum atomic E-state index is 12.5. The van der Waals surface area contributed by atoms with Crippen LogP contribution in [0.5, 0.6) is 0 Å². The molecule has 14 heteroatoms. The number of hydrogen-bond acceptors (Lipinski definition) is 12. The van der Waals surface area contributed by atoms with E-state index in [9.17, 15) is 44.6 Å². The lowest BCUT2D eigenvalue weighted by atomic mass is 9.85. The summed E-state index contributed by atoms with van der Waals surface area (Å²) in [4.78, 5) is 34.3. The predicted molar refractivity (Wildman–Crippen MR) is 129 cm³/mol. The number of carbonyl (C=O) groups excluding carboxylic acids is 2. The van der Waals surface area contributed by atoms with E-state index in [4.69, 9.17) is 18.5 Å². The minimum atomic E-state index is -5.06. The van der Waals surface area contributed by atoms with Gasteiger partial charge < -0.3 is 39.9 Å². The third-order valence-electron chi connectivity index (χ3n) is 5.95. The number of ether oxygens (including phenoxy) is 2. The van der Waals surface area contributed by atoms with E-state index in [0.717, 1.165) is 38.5 Å². The molecule has 0 bridgehead atoms. The summed E-state index contributed by atoms with van der Waals surface area (Å²) in [6.45, 7) is 2.88. The number of phosphoric ester groups is 1. The van der Waals surface area contributed by atoms with Gasteiger partial charge in [0.15, 0.2) is 6.10 Å². The van der Waals surface area contributed by atoms with Gasteiger partial charge in [-0.05, 0) is 12.8 Å². The van der Waals surface area contributed by atoms with E-state index in [-0.39, 0.29) is 12.8 Å². The molecule has 3 unspecified atom stereocenters. The second kappa shape index (κ2) is 17.4. The molecule has 0 radical (unpaired) electrons. The maximum Gasteiger partial charge on any atom is 0.472 e. The minimum Gasteiger partial charge on any atom is -0.462 e. The summed E-state index contributed by atoms with van der Waals surface area (Å²) in [5, 5.41) is 49.2. The Morgan fingerprint density at radius 1 is 0.730 bits per heavy atom. The third-order valence-corrected chi connectivity index (χ3v) is 6.93. The fraction of sp³-hybridized carbons (Fsp3) is 0.913. The molecule has 0 aliphatic heterocycles. The van der Waals surface area contributed by atoms with Crippen LogP contribution in [0.2, 0.25) is 0 Å². The first kappa shape index (κ1) is 33.9. The second-order valence-electron chi connectivity index (χ2n) is 9.20. The van der Waals surface area contributed by atoms with Crippen molar-refractivity contribution in [2.45, 2.75) is 121 Å². The van der Waals surface area contributed by atoms with Crippen molar-refractivity contribution in [3.63, 3.8) is 0 Å². The SMILES string of the molecule is CCCCCCC(=O)OC[C@H](COP(=O)(O)OC1[C@@H](O)[C@H](O)C(O)[C@H](O)[C@@H]1O)OC(=O)CCCCCC. The summed E-state index contributed by atoms with van der Waals surface area (Å²) in [5.74, 6) is -1.14. The van der Waals surface area contributed by atoms with Crippen LogP contribution in [0.25, 0.3) is 0 Å². The molecule has 37 heavy (non-hydrogen) atoms. The van der Waals surface area contributed by atoms with E-state index in [2.05, 4.69) is 0 Å². The first-order valence-corrected chi connectivity index (χ1v) is 14.3. The fourth-order valence-electron chi connectivity index (χ4n) is 3.69. The number of rotatable bonds is 18. The first-order valence-electron chi connectivity index (χ1n) is 12.8. The summed E-state index contributed by atoms with van der Waals surface area (Å²) in [6, 6.07) is 0. The van der Waals surface area contributed by atoms with Gasteiger partial charge >= 0.3 is 19.8 Å². The Kier molecular flexibility index (Phi) is 16.0. The van der Waals surface area contributed by atoms with Crippen LogP contribution in [0.4, 0.5) is 0 Å². The molecule has 218 valence electrons. The van der Waals surface area contributed by atoms with Gasteiger partial charge in [0.05, 0.1) is 6.61 Å². The summed E-state index contributed by atoms with van der Waals surface area (Å²) >= 11 is 0. The number of unbranched alkanes of at least 4 members (excludes halogenated alkanes) is 6. The molecule has 1 saturated carbocycles. The Morgan fingerprint density at radius 3 is 1.73 bits per heavy atom. The van der Waals surface area contributed by atoms with Gasteiger partial charge in [-0.1, -0.05) is 52.4 Å². The highest BCUT2D eigenvalue weighted by Gasteiger charge is 2.51. The Morgan fingerprint density at radius 2 is 1.22 bits per heavy atom. The van der Waals surface area contributed by atoms with Crippen molar-refractivity contribution < 1.29 is 63.1 Å². The lowest BCUT2D eigenvalue weighted by Crippen LogP contribution is -2.64. The van der Waals surface area contributed by atoms with E-state index in [1.54, 1.807) is 0 Å². The minimum absolute atomic E-state index is 0.0906. The third kappa shape index (κ3) is 12.5. The Bertz CT molecular complexity index is 705. The van der Waals surface area contributed by atoms with Crippen LogP contribution < -0.4 is 0 Å². The van der Waals surface area contributed by atoms with Crippen LogP contribution in [0.3, 0.4) is 0 Å². The van der Waals surface area contributed by atoms with Gasteiger partial charge in [0, 0.05) is 12.8 Å². The highest BCUT2D eigenvalue weighted by molar-refractivity contribution is 7.47. The van der Waals surface area contributed by atoms with Gasteiger partial charge in [-0.2, -0.15) is 0 Å². The Hall–Kier alpha value is -1.15. The van der Waals surface area contributed by atoms with E-state index >= 15 is 0 Å². The van der Waals surface area contributed by atoms with Crippen molar-refractivity contribution in [2.24, 2.45) is 0 Å². The van der Waals surface area contributed by atoms with E-state index in [0.29, 0.717) is 12.8 Å². The van der Waals surface area contributed by atoms with Crippen LogP contribution in [-0.4, -0.2) is 98.3 Å². The average Bonchev–Trinajstić information content (AvgIpc) is 2.86. The molecular formula is C23H43O13P. The van der Waals surface area contributed by atoms with Crippen molar-refractivity contribution in [3.05, 3.63) is 0 Å². The summed E-state index contributed by atoms with van der Waals surface area (Å²) in [5.41, 5.74) is 0. The molecule has 0 aromatic rings. The monoisotopic (exact) mass is 558 g/mol. The molecule has 6 N–H and O–H groups in total. The van der Waals surface area contributed by atoms with Crippen molar-refractivity contribution in [3.8, 4) is 0 Å². The fourth-order valence-corrected chi connectivity index (χ4v) is 4.67. The van der Waals surface area contributed by atoms with Gasteiger partial charge in [-0.15, -0.1) is 0 Å². The number of aliphatic hydroxyl groups is 5. The van der Waals surface area contributed by atoms with Gasteiger partial charge in [-0.25, -0.2) is 4.57 Å². The van der Waals surface area contributed by atoms with Crippen LogP contribution in [0.15, 0.2) is 0 Å². The first-order chi connectivity index (χ1) is 17.4. The molecule has 0 spiro atoms. The molecule has 0 saturated heterocycles. The number of hydrogen-bond donors (Lipinski definition) is 6. The lowest BCUT2D eigenvalue weighted by Gasteiger charge is -2.41. The summed E-state index contributed by atoms with van der Waals surface area (Å²) in [7, 11) is -5.06. The van der Waals surface area contributed by atoms with E-state index in [1.165, 1.54) is 0 Å². The van der Waals surface area contributed by atoms with Gasteiger partial charge in [0.25, 0.3) is 0 Å².